The zero-order valence-corrected chi connectivity index (χ0v) is 13.7. The molecular weight excluding hydrogens is 325 g/mol. The van der Waals surface area contributed by atoms with Crippen molar-refractivity contribution >= 4 is 17.4 Å². The van der Waals surface area contributed by atoms with Crippen LogP contribution >= 0.6 is 11.8 Å². The third kappa shape index (κ3) is 2.90. The van der Waals surface area contributed by atoms with Crippen LogP contribution in [-0.2, 0) is 12.8 Å². The van der Waals surface area contributed by atoms with E-state index in [1.54, 1.807) is 16.6 Å². The number of hydrogen-bond donors (Lipinski definition) is 0. The van der Waals surface area contributed by atoms with Gasteiger partial charge in [0.2, 0.25) is 5.16 Å². The molecule has 0 saturated carbocycles. The van der Waals surface area contributed by atoms with Crippen molar-refractivity contribution in [2.45, 2.75) is 10.9 Å². The molecule has 0 atom stereocenters. The van der Waals surface area contributed by atoms with Gasteiger partial charge in [-0.25, -0.2) is 18.9 Å². The molecule has 0 radical (unpaired) electrons. The molecule has 4 aromatic rings. The highest BCUT2D eigenvalue weighted by atomic mass is 32.2. The van der Waals surface area contributed by atoms with Crippen LogP contribution in [0.15, 0.2) is 60.0 Å². The summed E-state index contributed by atoms with van der Waals surface area (Å²) in [7, 11) is 1.95. The van der Waals surface area contributed by atoms with E-state index in [2.05, 4.69) is 15.1 Å². The Morgan fingerprint density at radius 1 is 1.08 bits per heavy atom. The number of aromatic nitrogens is 5. The van der Waals surface area contributed by atoms with Crippen molar-refractivity contribution in [2.24, 2.45) is 7.05 Å². The van der Waals surface area contributed by atoms with E-state index in [1.807, 2.05) is 42.2 Å². The Labute approximate surface area is 142 Å². The topological polar surface area (TPSA) is 48.0 Å². The molecule has 0 N–H and O–H groups in total. The summed E-state index contributed by atoms with van der Waals surface area (Å²) in [4.78, 5) is 9.10. The van der Waals surface area contributed by atoms with Crippen LogP contribution in [0.3, 0.4) is 0 Å². The van der Waals surface area contributed by atoms with Crippen molar-refractivity contribution in [3.8, 4) is 11.3 Å². The van der Waals surface area contributed by atoms with Gasteiger partial charge in [-0.1, -0.05) is 17.8 Å². The fourth-order valence-corrected chi connectivity index (χ4v) is 3.23. The summed E-state index contributed by atoms with van der Waals surface area (Å²) in [5, 5.41) is 5.14. The largest absolute Gasteiger partial charge is 0.337 e. The maximum atomic E-state index is 13.0. The van der Waals surface area contributed by atoms with Crippen molar-refractivity contribution in [1.29, 1.82) is 0 Å². The monoisotopic (exact) mass is 339 g/mol. The second kappa shape index (κ2) is 6.09. The Hall–Kier alpha value is -2.67. The van der Waals surface area contributed by atoms with Gasteiger partial charge in [-0.3, -0.25) is 0 Å². The molecule has 3 heterocycles. The lowest BCUT2D eigenvalue weighted by Gasteiger charge is -1.97. The number of halogens is 1. The van der Waals surface area contributed by atoms with E-state index in [1.165, 1.54) is 23.9 Å². The van der Waals surface area contributed by atoms with Gasteiger partial charge in [0.05, 0.1) is 11.4 Å². The Bertz CT molecular complexity index is 957. The number of rotatable bonds is 4. The van der Waals surface area contributed by atoms with Gasteiger partial charge in [0.25, 0.3) is 0 Å². The zero-order chi connectivity index (χ0) is 16.5. The minimum Gasteiger partial charge on any atom is -0.337 e. The lowest BCUT2D eigenvalue weighted by Crippen LogP contribution is -1.94. The molecule has 0 aliphatic heterocycles. The summed E-state index contributed by atoms with van der Waals surface area (Å²) < 4.78 is 16.8. The molecular formula is C17H14FN5S. The third-order valence-electron chi connectivity index (χ3n) is 3.66. The van der Waals surface area contributed by atoms with E-state index in [-0.39, 0.29) is 5.82 Å². The molecule has 0 aliphatic rings. The molecule has 1 aromatic carbocycles. The van der Waals surface area contributed by atoms with Gasteiger partial charge >= 0.3 is 0 Å². The normalized spacial score (nSPS) is 11.2. The van der Waals surface area contributed by atoms with Crippen LogP contribution in [0.5, 0.6) is 0 Å². The first-order valence-corrected chi connectivity index (χ1v) is 8.40. The molecule has 7 heteroatoms. The lowest BCUT2D eigenvalue weighted by molar-refractivity contribution is 0.628. The van der Waals surface area contributed by atoms with E-state index < -0.39 is 0 Å². The van der Waals surface area contributed by atoms with Crippen LogP contribution < -0.4 is 0 Å². The highest BCUT2D eigenvalue weighted by Crippen LogP contribution is 2.23. The first-order chi connectivity index (χ1) is 11.7. The number of benzene rings is 1. The summed E-state index contributed by atoms with van der Waals surface area (Å²) in [6.45, 7) is 0. The number of imidazole rings is 1. The van der Waals surface area contributed by atoms with Gasteiger partial charge in [0.15, 0.2) is 5.65 Å². The second-order valence-electron chi connectivity index (χ2n) is 5.35. The number of fused-ring (bicyclic) bond motifs is 1. The highest BCUT2D eigenvalue weighted by molar-refractivity contribution is 7.98. The predicted molar refractivity (Wildman–Crippen MR) is 91.2 cm³/mol. The maximum absolute atomic E-state index is 13.0. The van der Waals surface area contributed by atoms with Gasteiger partial charge in [0, 0.05) is 25.0 Å². The smallest absolute Gasteiger partial charge is 0.209 e. The van der Waals surface area contributed by atoms with Gasteiger partial charge in [0.1, 0.15) is 11.6 Å². The fourth-order valence-electron chi connectivity index (χ4n) is 2.40. The minimum absolute atomic E-state index is 0.247. The number of aryl methyl sites for hydroxylation is 1. The van der Waals surface area contributed by atoms with Gasteiger partial charge < -0.3 is 4.57 Å². The van der Waals surface area contributed by atoms with Crippen molar-refractivity contribution in [3.05, 3.63) is 66.5 Å². The van der Waals surface area contributed by atoms with Gasteiger partial charge in [-0.05, 0) is 36.4 Å². The molecule has 4 rings (SSSR count). The molecule has 0 saturated heterocycles. The summed E-state index contributed by atoms with van der Waals surface area (Å²) in [5.41, 5.74) is 2.55. The third-order valence-corrected chi connectivity index (χ3v) is 4.50. The molecule has 0 fully saturated rings. The first kappa shape index (κ1) is 14.9. The Morgan fingerprint density at radius 2 is 1.92 bits per heavy atom. The number of nitrogens with zero attached hydrogens (tertiary/aromatic N) is 5. The van der Waals surface area contributed by atoms with Gasteiger partial charge in [-0.15, -0.1) is 5.10 Å². The van der Waals surface area contributed by atoms with Crippen molar-refractivity contribution < 1.29 is 4.39 Å². The number of pyridine rings is 1. The first-order valence-electron chi connectivity index (χ1n) is 7.41. The van der Waals surface area contributed by atoms with Crippen LogP contribution in [0.25, 0.3) is 16.9 Å². The van der Waals surface area contributed by atoms with E-state index in [0.29, 0.717) is 10.9 Å². The maximum Gasteiger partial charge on any atom is 0.209 e. The minimum atomic E-state index is -0.247. The molecule has 0 unspecified atom stereocenters. The van der Waals surface area contributed by atoms with Gasteiger partial charge in [-0.2, -0.15) is 0 Å². The zero-order valence-electron chi connectivity index (χ0n) is 12.9. The predicted octanol–water partition coefficient (Wildman–Crippen LogP) is 3.56. The molecule has 0 spiro atoms. The highest BCUT2D eigenvalue weighted by Gasteiger charge is 2.10. The van der Waals surface area contributed by atoms with Crippen LogP contribution in [0.1, 0.15) is 5.82 Å². The van der Waals surface area contributed by atoms with E-state index >= 15 is 0 Å². The summed E-state index contributed by atoms with van der Waals surface area (Å²) in [6.07, 6.45) is 3.82. The lowest BCUT2D eigenvalue weighted by atomic mass is 10.2. The van der Waals surface area contributed by atoms with Crippen molar-refractivity contribution in [3.63, 3.8) is 0 Å². The molecule has 0 aliphatic carbocycles. The van der Waals surface area contributed by atoms with Crippen LogP contribution in [0.4, 0.5) is 4.39 Å². The summed E-state index contributed by atoms with van der Waals surface area (Å²) in [5.74, 6) is 1.33. The molecule has 0 bridgehead atoms. The molecule has 120 valence electrons. The second-order valence-corrected chi connectivity index (χ2v) is 6.29. The molecule has 24 heavy (non-hydrogen) atoms. The molecule has 3 aromatic heterocycles. The molecule has 0 amide bonds. The Morgan fingerprint density at radius 3 is 2.71 bits per heavy atom. The van der Waals surface area contributed by atoms with E-state index in [0.717, 1.165) is 22.7 Å². The van der Waals surface area contributed by atoms with Crippen molar-refractivity contribution in [2.75, 3.05) is 0 Å². The van der Waals surface area contributed by atoms with Crippen LogP contribution in [-0.4, -0.2) is 24.1 Å². The summed E-state index contributed by atoms with van der Waals surface area (Å²) >= 11 is 1.54. The van der Waals surface area contributed by atoms with Crippen LogP contribution in [0, 0.1) is 5.82 Å². The summed E-state index contributed by atoms with van der Waals surface area (Å²) in [6, 6.07) is 12.1. The number of hydrogen-bond acceptors (Lipinski definition) is 4. The standard InChI is InChI=1S/C17H14FN5S/c1-22-10-14(12-5-7-13(18)8-6-12)19-16(22)11-24-17-20-15-4-2-3-9-23(15)21-17/h2-10H,11H2,1H3. The van der Waals surface area contributed by atoms with Crippen LogP contribution in [0.2, 0.25) is 0 Å². The Balaban J connectivity index is 1.53. The SMILES string of the molecule is Cn1cc(-c2ccc(F)cc2)nc1CSc1nc2ccccn2n1. The quantitative estimate of drug-likeness (QED) is 0.533. The van der Waals surface area contributed by atoms with E-state index in [4.69, 9.17) is 0 Å². The Kier molecular flexibility index (Phi) is 3.78. The van der Waals surface area contributed by atoms with Crippen molar-refractivity contribution in [1.82, 2.24) is 24.1 Å². The van der Waals surface area contributed by atoms with E-state index in [9.17, 15) is 4.39 Å². The molecule has 5 nitrogen and oxygen atoms in total. The average molecular weight is 339 g/mol. The average Bonchev–Trinajstić information content (AvgIpc) is 3.16. The number of thioether (sulfide) groups is 1. The fraction of sp³-hybridized carbons (Fsp3) is 0.118.